The summed E-state index contributed by atoms with van der Waals surface area (Å²) in [7, 11) is 0. The molecule has 3 aliphatic rings. The maximum atomic E-state index is 2.57. The van der Waals surface area contributed by atoms with Gasteiger partial charge in [-0.3, -0.25) is 0 Å². The minimum atomic E-state index is -0.580. The first-order valence-corrected chi connectivity index (χ1v) is 27.0. The van der Waals surface area contributed by atoms with Crippen LogP contribution >= 0.6 is 0 Å². The van der Waals surface area contributed by atoms with Gasteiger partial charge in [0, 0.05) is 22.4 Å². The first-order valence-electron chi connectivity index (χ1n) is 27.0. The summed E-state index contributed by atoms with van der Waals surface area (Å²) in [6.45, 7) is 2.42. The maximum Gasteiger partial charge on any atom is 0.0714 e. The number of benzene rings is 12. The van der Waals surface area contributed by atoms with Gasteiger partial charge in [-0.2, -0.15) is 0 Å². The van der Waals surface area contributed by atoms with E-state index in [9.17, 15) is 0 Å². The second kappa shape index (κ2) is 17.5. The Kier molecular flexibility index (Phi) is 10.2. The first kappa shape index (κ1) is 44.9. The number of hydrogen-bond acceptors (Lipinski definition) is 1. The van der Waals surface area contributed by atoms with Crippen LogP contribution in [0, 0.1) is 0 Å². The predicted octanol–water partition coefficient (Wildman–Crippen LogP) is 18.9. The number of nitrogens with zero attached hydrogens (tertiary/aromatic N) is 1. The van der Waals surface area contributed by atoms with Gasteiger partial charge in [0.15, 0.2) is 0 Å². The number of hydrogen-bond donors (Lipinski definition) is 0. The Morgan fingerprint density at radius 3 is 1.13 bits per heavy atom. The second-order valence-electron chi connectivity index (χ2n) is 21.1. The first-order chi connectivity index (χ1) is 38.1. The zero-order valence-electron chi connectivity index (χ0n) is 42.8. The van der Waals surface area contributed by atoms with Crippen LogP contribution in [-0.4, -0.2) is 0 Å². The summed E-state index contributed by atoms with van der Waals surface area (Å²) in [5.74, 6) is 0. The Balaban J connectivity index is 1.02. The molecule has 0 aromatic heterocycles. The third-order valence-electron chi connectivity index (χ3n) is 17.5. The van der Waals surface area contributed by atoms with Gasteiger partial charge in [-0.25, -0.2) is 0 Å². The molecule has 1 heteroatoms. The third-order valence-corrected chi connectivity index (χ3v) is 17.5. The van der Waals surface area contributed by atoms with Crippen LogP contribution in [0.1, 0.15) is 68.1 Å². The molecule has 3 aliphatic carbocycles. The largest absolute Gasteiger partial charge is 0.310 e. The van der Waals surface area contributed by atoms with Gasteiger partial charge >= 0.3 is 0 Å². The lowest BCUT2D eigenvalue weighted by molar-refractivity contribution is 0.714. The van der Waals surface area contributed by atoms with Crippen LogP contribution in [0.5, 0.6) is 0 Å². The van der Waals surface area contributed by atoms with Crippen molar-refractivity contribution in [3.63, 3.8) is 0 Å². The molecule has 362 valence electrons. The van der Waals surface area contributed by atoms with E-state index in [0.29, 0.717) is 0 Å². The summed E-state index contributed by atoms with van der Waals surface area (Å²) in [5, 5.41) is 0. The van der Waals surface area contributed by atoms with Gasteiger partial charge in [-0.1, -0.05) is 273 Å². The van der Waals surface area contributed by atoms with E-state index in [2.05, 4.69) is 315 Å². The van der Waals surface area contributed by atoms with Crippen molar-refractivity contribution in [3.8, 4) is 44.5 Å². The van der Waals surface area contributed by atoms with Crippen molar-refractivity contribution in [1.29, 1.82) is 0 Å². The highest BCUT2D eigenvalue weighted by atomic mass is 15.1. The number of fused-ring (bicyclic) bond motifs is 9. The van der Waals surface area contributed by atoms with Crippen molar-refractivity contribution in [2.24, 2.45) is 0 Å². The van der Waals surface area contributed by atoms with Gasteiger partial charge in [0.2, 0.25) is 0 Å². The zero-order chi connectivity index (χ0) is 51.1. The van der Waals surface area contributed by atoms with Crippen LogP contribution in [0.4, 0.5) is 17.1 Å². The van der Waals surface area contributed by atoms with Crippen LogP contribution in [0.25, 0.3) is 44.5 Å². The average molecular weight is 980 g/mol. The smallest absolute Gasteiger partial charge is 0.0714 e. The quantitative estimate of drug-likeness (QED) is 0.139. The fraction of sp³-hybridized carbons (Fsp3) is 0.0526. The highest BCUT2D eigenvalue weighted by molar-refractivity contribution is 6.01. The molecule has 0 amide bonds. The molecule has 12 aromatic carbocycles. The Morgan fingerprint density at radius 1 is 0.234 bits per heavy atom. The molecule has 0 N–H and O–H groups in total. The van der Waals surface area contributed by atoms with Crippen LogP contribution in [-0.2, 0) is 16.2 Å². The SMILES string of the molecule is CC1(c2ccccc2)c2ccccc2-c2ccc(N(c3ccc4c(c3)C(c3ccccc3)(c3ccccc3)c3ccccc3-4)c3ccccc3-c3cccc4c3-c3ccccc3C4(c3ccccc3)c3ccccc3)cc21. The fourth-order valence-corrected chi connectivity index (χ4v) is 14.3. The molecule has 0 bridgehead atoms. The summed E-state index contributed by atoms with van der Waals surface area (Å²) in [6, 6.07) is 114. The molecule has 0 aliphatic heterocycles. The summed E-state index contributed by atoms with van der Waals surface area (Å²) in [6.07, 6.45) is 0. The molecule has 1 unspecified atom stereocenters. The van der Waals surface area contributed by atoms with E-state index in [0.717, 1.165) is 22.6 Å². The third kappa shape index (κ3) is 6.35. The summed E-state index contributed by atoms with van der Waals surface area (Å²) in [4.78, 5) is 2.57. The van der Waals surface area contributed by atoms with Gasteiger partial charge in [-0.05, 0) is 137 Å². The van der Waals surface area contributed by atoms with Gasteiger partial charge < -0.3 is 4.90 Å². The lowest BCUT2D eigenvalue weighted by atomic mass is 9.67. The van der Waals surface area contributed by atoms with Crippen molar-refractivity contribution in [1.82, 2.24) is 0 Å². The topological polar surface area (TPSA) is 3.24 Å². The van der Waals surface area contributed by atoms with E-state index >= 15 is 0 Å². The summed E-state index contributed by atoms with van der Waals surface area (Å²) < 4.78 is 0. The molecule has 77 heavy (non-hydrogen) atoms. The molecule has 0 saturated carbocycles. The monoisotopic (exact) mass is 979 g/mol. The van der Waals surface area contributed by atoms with Crippen LogP contribution in [0.2, 0.25) is 0 Å². The van der Waals surface area contributed by atoms with Crippen molar-refractivity contribution in [2.75, 3.05) is 4.90 Å². The van der Waals surface area contributed by atoms with E-state index in [-0.39, 0.29) is 0 Å². The fourth-order valence-electron chi connectivity index (χ4n) is 14.3. The number of para-hydroxylation sites is 1. The minimum Gasteiger partial charge on any atom is -0.310 e. The Morgan fingerprint density at radius 2 is 0.584 bits per heavy atom. The molecule has 1 nitrogen and oxygen atoms in total. The molecule has 0 fully saturated rings. The van der Waals surface area contributed by atoms with Crippen molar-refractivity contribution in [2.45, 2.75) is 23.2 Å². The Hall–Kier alpha value is -9.56. The molecular weight excluding hydrogens is 927 g/mol. The Labute approximate surface area is 451 Å². The van der Waals surface area contributed by atoms with E-state index in [1.54, 1.807) is 0 Å². The number of anilines is 3. The summed E-state index contributed by atoms with van der Waals surface area (Å²) in [5.41, 5.74) is 25.8. The Bertz CT molecular complexity index is 4140. The molecule has 12 aromatic rings. The zero-order valence-corrected chi connectivity index (χ0v) is 42.8. The molecule has 0 heterocycles. The molecule has 0 radical (unpaired) electrons. The van der Waals surface area contributed by atoms with Crippen LogP contribution in [0.15, 0.2) is 303 Å². The normalized spacial score (nSPS) is 15.6. The standard InChI is InChI=1S/C76H53N/c1-74(52-26-7-2-8-27-52)66-41-21-17-36-59(66)61-48-46-57(50-70(61)74)77(58-47-49-62-60-37-18-22-42-67(60)76(71(62)51-58,55-32-13-5-14-33-55)56-34-15-6-16-35-56)72-45-24-20-38-63(72)64-40-25-44-69-73(64)65-39-19-23-43-68(65)75(69,53-28-9-3-10-29-53)54-30-11-4-12-31-54/h2-51H,1H3. The molecule has 0 saturated heterocycles. The van der Waals surface area contributed by atoms with Crippen LogP contribution < -0.4 is 4.90 Å². The number of rotatable bonds is 9. The predicted molar refractivity (Wildman–Crippen MR) is 319 cm³/mol. The highest BCUT2D eigenvalue weighted by Crippen LogP contribution is 2.61. The van der Waals surface area contributed by atoms with E-state index in [1.807, 2.05) is 0 Å². The lowest BCUT2D eigenvalue weighted by Crippen LogP contribution is -2.28. The highest BCUT2D eigenvalue weighted by Gasteiger charge is 2.49. The molecule has 0 spiro atoms. The minimum absolute atomic E-state index is 0.397. The molecular formula is C76H53N. The van der Waals surface area contributed by atoms with Crippen LogP contribution in [0.3, 0.4) is 0 Å². The van der Waals surface area contributed by atoms with E-state index in [4.69, 9.17) is 0 Å². The average Bonchev–Trinajstić information content (AvgIpc) is 4.18. The van der Waals surface area contributed by atoms with E-state index in [1.165, 1.54) is 100 Å². The van der Waals surface area contributed by atoms with Crippen molar-refractivity contribution < 1.29 is 0 Å². The van der Waals surface area contributed by atoms with Crippen molar-refractivity contribution in [3.05, 3.63) is 365 Å². The lowest BCUT2D eigenvalue weighted by Gasteiger charge is -2.35. The maximum absolute atomic E-state index is 2.57. The van der Waals surface area contributed by atoms with Gasteiger partial charge in [-0.15, -0.1) is 0 Å². The second-order valence-corrected chi connectivity index (χ2v) is 21.1. The van der Waals surface area contributed by atoms with Gasteiger partial charge in [0.05, 0.1) is 16.5 Å². The van der Waals surface area contributed by atoms with Crippen molar-refractivity contribution >= 4 is 17.1 Å². The summed E-state index contributed by atoms with van der Waals surface area (Å²) >= 11 is 0. The molecule has 1 atom stereocenters. The van der Waals surface area contributed by atoms with E-state index < -0.39 is 16.2 Å². The van der Waals surface area contributed by atoms with Gasteiger partial charge in [0.25, 0.3) is 0 Å². The van der Waals surface area contributed by atoms with Gasteiger partial charge in [0.1, 0.15) is 0 Å². The molecule has 15 rings (SSSR count).